The highest BCUT2D eigenvalue weighted by atomic mass is 79.9. The summed E-state index contributed by atoms with van der Waals surface area (Å²) in [6.07, 6.45) is -1.29. The number of benzene rings is 1. The Labute approximate surface area is 128 Å². The van der Waals surface area contributed by atoms with Crippen LogP contribution in [0.4, 0.5) is 4.79 Å². The summed E-state index contributed by atoms with van der Waals surface area (Å²) < 4.78 is 0.832. The van der Waals surface area contributed by atoms with Crippen molar-refractivity contribution in [1.82, 2.24) is 9.80 Å². The van der Waals surface area contributed by atoms with Crippen molar-refractivity contribution in [2.45, 2.75) is 6.04 Å². The average molecular weight is 357 g/mol. The molecular formula is C13H13BrN2O5. The maximum absolute atomic E-state index is 12.3. The van der Waals surface area contributed by atoms with E-state index in [2.05, 4.69) is 15.9 Å². The van der Waals surface area contributed by atoms with Gasteiger partial charge in [0, 0.05) is 23.1 Å². The molecule has 1 heterocycles. The molecule has 0 radical (unpaired) electrons. The van der Waals surface area contributed by atoms with Gasteiger partial charge in [0.1, 0.15) is 6.04 Å². The van der Waals surface area contributed by atoms with Gasteiger partial charge in [0.05, 0.1) is 6.54 Å². The van der Waals surface area contributed by atoms with Gasteiger partial charge in [0.25, 0.3) is 5.91 Å². The first-order valence-electron chi connectivity index (χ1n) is 6.17. The van der Waals surface area contributed by atoms with Crippen LogP contribution in [-0.2, 0) is 4.79 Å². The van der Waals surface area contributed by atoms with Crippen molar-refractivity contribution in [1.29, 1.82) is 0 Å². The lowest BCUT2D eigenvalue weighted by Crippen LogP contribution is -2.59. The van der Waals surface area contributed by atoms with Crippen molar-refractivity contribution >= 4 is 33.9 Å². The SMILES string of the molecule is O=C(O)C1CN(C(=O)c2ccc(Br)cc2)CCN1C(=O)O. The minimum atomic E-state index is -1.29. The quantitative estimate of drug-likeness (QED) is 0.832. The Morgan fingerprint density at radius 1 is 1.10 bits per heavy atom. The molecule has 0 bridgehead atoms. The third-order valence-electron chi connectivity index (χ3n) is 3.29. The van der Waals surface area contributed by atoms with Crippen LogP contribution in [0, 0.1) is 0 Å². The van der Waals surface area contributed by atoms with Crippen LogP contribution in [0.3, 0.4) is 0 Å². The Balaban J connectivity index is 2.15. The second-order valence-electron chi connectivity index (χ2n) is 4.59. The summed E-state index contributed by atoms with van der Waals surface area (Å²) in [6.45, 7) is -0.00389. The minimum absolute atomic E-state index is 0.0193. The Bertz CT molecular complexity index is 574. The van der Waals surface area contributed by atoms with Crippen molar-refractivity contribution in [2.75, 3.05) is 19.6 Å². The van der Waals surface area contributed by atoms with Gasteiger partial charge < -0.3 is 15.1 Å². The number of carboxylic acids is 1. The highest BCUT2D eigenvalue weighted by Gasteiger charge is 2.37. The first-order chi connectivity index (χ1) is 9.90. The van der Waals surface area contributed by atoms with Crippen molar-refractivity contribution < 1.29 is 24.6 Å². The predicted octanol–water partition coefficient (Wildman–Crippen LogP) is 1.34. The number of carbonyl (C=O) groups excluding carboxylic acids is 1. The van der Waals surface area contributed by atoms with E-state index < -0.39 is 18.1 Å². The summed E-state index contributed by atoms with van der Waals surface area (Å²) in [4.78, 5) is 36.7. The molecular weight excluding hydrogens is 344 g/mol. The van der Waals surface area contributed by atoms with Crippen molar-refractivity contribution in [3.63, 3.8) is 0 Å². The molecule has 1 aromatic rings. The van der Waals surface area contributed by atoms with E-state index in [9.17, 15) is 14.4 Å². The van der Waals surface area contributed by atoms with Crippen LogP contribution < -0.4 is 0 Å². The molecule has 8 heteroatoms. The van der Waals surface area contributed by atoms with Crippen LogP contribution in [-0.4, -0.2) is 63.7 Å². The van der Waals surface area contributed by atoms with Gasteiger partial charge in [-0.25, -0.2) is 9.59 Å². The summed E-state index contributed by atoms with van der Waals surface area (Å²) in [6, 6.07) is 5.46. The van der Waals surface area contributed by atoms with E-state index in [-0.39, 0.29) is 25.5 Å². The monoisotopic (exact) mass is 356 g/mol. The fraction of sp³-hybridized carbons (Fsp3) is 0.308. The van der Waals surface area contributed by atoms with Gasteiger partial charge in [-0.05, 0) is 24.3 Å². The molecule has 1 aliphatic rings. The summed E-state index contributed by atoms with van der Waals surface area (Å²) in [5.74, 6) is -1.57. The second kappa shape index (κ2) is 6.13. The van der Waals surface area contributed by atoms with Gasteiger partial charge in [0.15, 0.2) is 0 Å². The number of rotatable bonds is 2. The Hall–Kier alpha value is -2.09. The zero-order valence-electron chi connectivity index (χ0n) is 10.9. The van der Waals surface area contributed by atoms with Gasteiger partial charge in [-0.3, -0.25) is 9.69 Å². The van der Waals surface area contributed by atoms with Crippen LogP contribution in [0.1, 0.15) is 10.4 Å². The van der Waals surface area contributed by atoms with E-state index in [1.54, 1.807) is 24.3 Å². The van der Waals surface area contributed by atoms with E-state index in [4.69, 9.17) is 10.2 Å². The number of hydrogen-bond acceptors (Lipinski definition) is 3. The molecule has 7 nitrogen and oxygen atoms in total. The summed E-state index contributed by atoms with van der Waals surface area (Å²) in [5.41, 5.74) is 0.436. The molecule has 2 rings (SSSR count). The summed E-state index contributed by atoms with van der Waals surface area (Å²) in [5, 5.41) is 18.1. The highest BCUT2D eigenvalue weighted by Crippen LogP contribution is 2.16. The molecule has 112 valence electrons. The maximum Gasteiger partial charge on any atom is 0.408 e. The average Bonchev–Trinajstić information content (AvgIpc) is 2.46. The highest BCUT2D eigenvalue weighted by molar-refractivity contribution is 9.10. The molecule has 1 aliphatic heterocycles. The van der Waals surface area contributed by atoms with Gasteiger partial charge in [-0.2, -0.15) is 0 Å². The lowest BCUT2D eigenvalue weighted by Gasteiger charge is -2.37. The van der Waals surface area contributed by atoms with Crippen LogP contribution in [0.25, 0.3) is 0 Å². The number of hydrogen-bond donors (Lipinski definition) is 2. The molecule has 1 aromatic carbocycles. The third-order valence-corrected chi connectivity index (χ3v) is 3.82. The number of carbonyl (C=O) groups is 3. The molecule has 0 aliphatic carbocycles. The van der Waals surface area contributed by atoms with E-state index in [1.165, 1.54) is 4.90 Å². The first kappa shape index (κ1) is 15.3. The standard InChI is InChI=1S/C13H13BrN2O5/c14-9-3-1-8(2-4-9)11(17)15-5-6-16(13(20)21)10(7-15)12(18)19/h1-4,10H,5-7H2,(H,18,19)(H,20,21). The zero-order valence-corrected chi connectivity index (χ0v) is 12.5. The van der Waals surface area contributed by atoms with Gasteiger partial charge in [-0.1, -0.05) is 15.9 Å². The van der Waals surface area contributed by atoms with Crippen molar-refractivity contribution in [3.8, 4) is 0 Å². The third kappa shape index (κ3) is 3.33. The number of halogens is 1. The molecule has 0 aromatic heterocycles. The van der Waals surface area contributed by atoms with Crippen molar-refractivity contribution in [2.24, 2.45) is 0 Å². The number of nitrogens with zero attached hydrogens (tertiary/aromatic N) is 2. The Morgan fingerprint density at radius 2 is 1.71 bits per heavy atom. The van der Waals surface area contributed by atoms with Crippen LogP contribution >= 0.6 is 15.9 Å². The largest absolute Gasteiger partial charge is 0.480 e. The number of piperazine rings is 1. The Morgan fingerprint density at radius 3 is 2.24 bits per heavy atom. The van der Waals surface area contributed by atoms with Gasteiger partial charge in [0.2, 0.25) is 0 Å². The zero-order chi connectivity index (χ0) is 15.6. The van der Waals surface area contributed by atoms with Crippen LogP contribution in [0.15, 0.2) is 28.7 Å². The van der Waals surface area contributed by atoms with Crippen LogP contribution in [0.5, 0.6) is 0 Å². The molecule has 1 saturated heterocycles. The van der Waals surface area contributed by atoms with Gasteiger partial charge >= 0.3 is 12.1 Å². The smallest absolute Gasteiger partial charge is 0.408 e. The maximum atomic E-state index is 12.3. The summed E-state index contributed by atoms with van der Waals surface area (Å²) >= 11 is 3.27. The summed E-state index contributed by atoms with van der Waals surface area (Å²) in [7, 11) is 0. The first-order valence-corrected chi connectivity index (χ1v) is 6.96. The predicted molar refractivity (Wildman–Crippen MR) is 76.2 cm³/mol. The lowest BCUT2D eigenvalue weighted by atomic mass is 10.1. The minimum Gasteiger partial charge on any atom is -0.480 e. The normalized spacial score (nSPS) is 18.4. The molecule has 0 spiro atoms. The van der Waals surface area contributed by atoms with E-state index >= 15 is 0 Å². The van der Waals surface area contributed by atoms with E-state index in [1.807, 2.05) is 0 Å². The molecule has 1 fully saturated rings. The molecule has 1 atom stereocenters. The number of aliphatic carboxylic acids is 1. The molecule has 2 N–H and O–H groups in total. The molecule has 21 heavy (non-hydrogen) atoms. The lowest BCUT2D eigenvalue weighted by molar-refractivity contribution is -0.144. The van der Waals surface area contributed by atoms with Crippen LogP contribution in [0.2, 0.25) is 0 Å². The number of carboxylic acid groups (broad SMARTS) is 2. The fourth-order valence-electron chi connectivity index (χ4n) is 2.18. The van der Waals surface area contributed by atoms with Gasteiger partial charge in [-0.15, -0.1) is 0 Å². The molecule has 0 saturated carbocycles. The number of amides is 2. The second-order valence-corrected chi connectivity index (χ2v) is 5.50. The van der Waals surface area contributed by atoms with E-state index in [0.717, 1.165) is 9.37 Å². The topological polar surface area (TPSA) is 98.2 Å². The van der Waals surface area contributed by atoms with E-state index in [0.29, 0.717) is 5.56 Å². The van der Waals surface area contributed by atoms with Crippen molar-refractivity contribution in [3.05, 3.63) is 34.3 Å². The molecule has 2 amide bonds. The Kier molecular flexibility index (Phi) is 4.46. The molecule has 1 unspecified atom stereocenters. The fourth-order valence-corrected chi connectivity index (χ4v) is 2.45.